The Labute approximate surface area is 144 Å². The van der Waals surface area contributed by atoms with E-state index in [1.54, 1.807) is 19.4 Å². The Kier molecular flexibility index (Phi) is 4.77. The zero-order valence-electron chi connectivity index (χ0n) is 13.0. The highest BCUT2D eigenvalue weighted by molar-refractivity contribution is 5.85. The van der Waals surface area contributed by atoms with Crippen molar-refractivity contribution in [2.75, 3.05) is 20.2 Å². The van der Waals surface area contributed by atoms with Gasteiger partial charge in [0.2, 0.25) is 11.7 Å². The lowest BCUT2D eigenvalue weighted by atomic mass is 10.1. The van der Waals surface area contributed by atoms with Gasteiger partial charge < -0.3 is 14.6 Å². The van der Waals surface area contributed by atoms with Gasteiger partial charge in [0, 0.05) is 36.0 Å². The fourth-order valence-corrected chi connectivity index (χ4v) is 2.65. The number of rotatable bonds is 4. The van der Waals surface area contributed by atoms with E-state index >= 15 is 0 Å². The molecule has 0 spiro atoms. The molecule has 2 N–H and O–H groups in total. The van der Waals surface area contributed by atoms with Crippen LogP contribution in [-0.2, 0) is 0 Å². The smallest absolute Gasteiger partial charge is 0.278 e. The lowest BCUT2D eigenvalue weighted by Gasteiger charge is -2.02. The predicted molar refractivity (Wildman–Crippen MR) is 89.1 cm³/mol. The summed E-state index contributed by atoms with van der Waals surface area (Å²) in [6.45, 7) is 2.00. The van der Waals surface area contributed by atoms with Gasteiger partial charge in [0.15, 0.2) is 5.69 Å². The first-order chi connectivity index (χ1) is 11.3. The molecule has 4 rings (SSSR count). The van der Waals surface area contributed by atoms with Crippen molar-refractivity contribution in [1.29, 1.82) is 0 Å². The average Bonchev–Trinajstić information content (AvgIpc) is 3.34. The molecule has 0 radical (unpaired) electrons. The topological polar surface area (TPSA) is 102 Å². The number of ether oxygens (including phenoxy) is 1. The maximum Gasteiger partial charge on any atom is 0.278 e. The third-order valence-electron chi connectivity index (χ3n) is 3.95. The van der Waals surface area contributed by atoms with Crippen molar-refractivity contribution in [3.8, 4) is 28.9 Å². The Morgan fingerprint density at radius 1 is 1.33 bits per heavy atom. The van der Waals surface area contributed by atoms with Gasteiger partial charge in [-0.3, -0.25) is 5.10 Å². The minimum absolute atomic E-state index is 0. The largest absolute Gasteiger partial charge is 0.481 e. The number of hydrogen-bond donors (Lipinski definition) is 2. The van der Waals surface area contributed by atoms with Gasteiger partial charge in [-0.1, -0.05) is 5.16 Å². The number of nitrogens with zero attached hydrogens (tertiary/aromatic N) is 4. The van der Waals surface area contributed by atoms with Crippen molar-refractivity contribution >= 4 is 12.4 Å². The van der Waals surface area contributed by atoms with E-state index in [-0.39, 0.29) is 12.4 Å². The molecule has 1 aliphatic heterocycles. The van der Waals surface area contributed by atoms with Crippen LogP contribution in [-0.4, -0.2) is 45.5 Å². The van der Waals surface area contributed by atoms with Crippen LogP contribution in [0, 0.1) is 0 Å². The van der Waals surface area contributed by atoms with Gasteiger partial charge >= 0.3 is 0 Å². The van der Waals surface area contributed by atoms with E-state index in [9.17, 15) is 0 Å². The molecule has 9 heteroatoms. The van der Waals surface area contributed by atoms with E-state index in [0.717, 1.165) is 30.8 Å². The number of aromatic amines is 1. The van der Waals surface area contributed by atoms with Crippen LogP contribution in [0.15, 0.2) is 28.9 Å². The Hall–Kier alpha value is -2.45. The average molecular weight is 349 g/mol. The first-order valence-corrected chi connectivity index (χ1v) is 7.44. The molecule has 126 valence electrons. The summed E-state index contributed by atoms with van der Waals surface area (Å²) in [5.74, 6) is 1.87. The van der Waals surface area contributed by atoms with Crippen molar-refractivity contribution in [1.82, 2.24) is 30.6 Å². The molecule has 24 heavy (non-hydrogen) atoms. The monoisotopic (exact) mass is 348 g/mol. The third kappa shape index (κ3) is 3.10. The molecule has 1 unspecified atom stereocenters. The van der Waals surface area contributed by atoms with Crippen LogP contribution >= 0.6 is 12.4 Å². The molecule has 0 bridgehead atoms. The normalized spacial score (nSPS) is 16.8. The number of halogens is 1. The summed E-state index contributed by atoms with van der Waals surface area (Å²) in [4.78, 5) is 8.53. The number of nitrogens with one attached hydrogen (secondary N) is 2. The molecule has 1 saturated heterocycles. The van der Waals surface area contributed by atoms with Crippen molar-refractivity contribution in [3.05, 3.63) is 30.1 Å². The number of aromatic nitrogens is 5. The zero-order chi connectivity index (χ0) is 15.6. The van der Waals surface area contributed by atoms with Crippen LogP contribution in [0.25, 0.3) is 23.0 Å². The summed E-state index contributed by atoms with van der Waals surface area (Å²) in [6.07, 6.45) is 2.75. The van der Waals surface area contributed by atoms with Crippen molar-refractivity contribution in [3.63, 3.8) is 0 Å². The van der Waals surface area contributed by atoms with E-state index in [1.807, 2.05) is 12.1 Å². The second kappa shape index (κ2) is 6.98. The maximum atomic E-state index is 5.32. The quantitative estimate of drug-likeness (QED) is 0.743. The molecular weight excluding hydrogens is 332 g/mol. The summed E-state index contributed by atoms with van der Waals surface area (Å²) in [5, 5.41) is 14.7. The highest BCUT2D eigenvalue weighted by atomic mass is 35.5. The zero-order valence-corrected chi connectivity index (χ0v) is 13.8. The Balaban J connectivity index is 0.00000169. The molecule has 0 amide bonds. The molecule has 0 aromatic carbocycles. The summed E-state index contributed by atoms with van der Waals surface area (Å²) in [5.41, 5.74) is 2.51. The Bertz CT molecular complexity index is 794. The fourth-order valence-electron chi connectivity index (χ4n) is 2.65. The van der Waals surface area contributed by atoms with E-state index in [4.69, 9.17) is 9.26 Å². The fraction of sp³-hybridized carbons (Fsp3) is 0.333. The predicted octanol–water partition coefficient (Wildman–Crippen LogP) is 2.03. The SMILES string of the molecule is COc1ccc(-c2noc(-c3cc(C4CCNC4)[nH]n3)n2)cn1.Cl. The summed E-state index contributed by atoms with van der Waals surface area (Å²) >= 11 is 0. The third-order valence-corrected chi connectivity index (χ3v) is 3.95. The lowest BCUT2D eigenvalue weighted by molar-refractivity contribution is 0.398. The number of hydrogen-bond acceptors (Lipinski definition) is 7. The van der Waals surface area contributed by atoms with Gasteiger partial charge in [0.05, 0.1) is 7.11 Å². The molecule has 8 nitrogen and oxygen atoms in total. The first kappa shape index (κ1) is 16.4. The Morgan fingerprint density at radius 2 is 2.25 bits per heavy atom. The maximum absolute atomic E-state index is 5.32. The van der Waals surface area contributed by atoms with Gasteiger partial charge in [-0.05, 0) is 25.1 Å². The van der Waals surface area contributed by atoms with Gasteiger partial charge in [0.1, 0.15) is 0 Å². The van der Waals surface area contributed by atoms with Gasteiger partial charge in [-0.25, -0.2) is 4.98 Å². The number of H-pyrrole nitrogens is 1. The van der Waals surface area contributed by atoms with Crippen LogP contribution in [0.2, 0.25) is 0 Å². The van der Waals surface area contributed by atoms with Crippen molar-refractivity contribution in [2.24, 2.45) is 0 Å². The van der Waals surface area contributed by atoms with Crippen LogP contribution < -0.4 is 10.1 Å². The molecule has 1 atom stereocenters. The van der Waals surface area contributed by atoms with Crippen LogP contribution in [0.4, 0.5) is 0 Å². The Morgan fingerprint density at radius 3 is 2.96 bits per heavy atom. The second-order valence-electron chi connectivity index (χ2n) is 5.41. The number of pyridine rings is 1. The second-order valence-corrected chi connectivity index (χ2v) is 5.41. The van der Waals surface area contributed by atoms with E-state index < -0.39 is 0 Å². The standard InChI is InChI=1S/C15H16N6O2.ClH/c1-22-13-3-2-10(8-17-13)14-18-15(23-21-14)12-6-11(19-20-12)9-4-5-16-7-9;/h2-3,6,8-9,16H,4-5,7H2,1H3,(H,19,20);1H. The van der Waals surface area contributed by atoms with E-state index in [2.05, 4.69) is 30.6 Å². The minimum atomic E-state index is 0. The number of methoxy groups -OCH3 is 1. The highest BCUT2D eigenvalue weighted by Crippen LogP contribution is 2.26. The lowest BCUT2D eigenvalue weighted by Crippen LogP contribution is -2.08. The van der Waals surface area contributed by atoms with Crippen LogP contribution in [0.1, 0.15) is 18.0 Å². The molecule has 1 fully saturated rings. The van der Waals surface area contributed by atoms with Crippen molar-refractivity contribution in [2.45, 2.75) is 12.3 Å². The molecule has 3 aromatic rings. The molecule has 0 aliphatic carbocycles. The molecule has 3 aromatic heterocycles. The van der Waals surface area contributed by atoms with Crippen LogP contribution in [0.3, 0.4) is 0 Å². The summed E-state index contributed by atoms with van der Waals surface area (Å²) < 4.78 is 10.4. The first-order valence-electron chi connectivity index (χ1n) is 7.44. The molecular formula is C15H17ClN6O2. The highest BCUT2D eigenvalue weighted by Gasteiger charge is 2.21. The van der Waals surface area contributed by atoms with Crippen molar-refractivity contribution < 1.29 is 9.26 Å². The minimum Gasteiger partial charge on any atom is -0.481 e. The molecule has 0 saturated carbocycles. The molecule has 1 aliphatic rings. The van der Waals surface area contributed by atoms with Gasteiger partial charge in [-0.15, -0.1) is 12.4 Å². The van der Waals surface area contributed by atoms with Gasteiger partial charge in [0.25, 0.3) is 5.89 Å². The van der Waals surface area contributed by atoms with Gasteiger partial charge in [-0.2, -0.15) is 10.1 Å². The molecule has 4 heterocycles. The summed E-state index contributed by atoms with van der Waals surface area (Å²) in [7, 11) is 1.57. The van der Waals surface area contributed by atoms with Crippen LogP contribution in [0.5, 0.6) is 5.88 Å². The summed E-state index contributed by atoms with van der Waals surface area (Å²) in [6, 6.07) is 5.56. The van der Waals surface area contributed by atoms with E-state index in [1.165, 1.54) is 0 Å². The van der Waals surface area contributed by atoms with E-state index in [0.29, 0.717) is 29.2 Å².